The SMILES string of the molecule is CCCCc1nc(C)c(C(=O)Nc2ccc(C3(CC)CCC(=O)NC3=O)cc2)s1. The van der Waals surface area contributed by atoms with E-state index in [1.807, 2.05) is 38.1 Å². The van der Waals surface area contributed by atoms with E-state index in [9.17, 15) is 14.4 Å². The Morgan fingerprint density at radius 3 is 2.59 bits per heavy atom. The maximum Gasteiger partial charge on any atom is 0.267 e. The van der Waals surface area contributed by atoms with Crippen LogP contribution in [0, 0.1) is 6.92 Å². The van der Waals surface area contributed by atoms with Crippen LogP contribution < -0.4 is 10.6 Å². The second-order valence-electron chi connectivity index (χ2n) is 7.47. The molecular weight excluding hydrogens is 386 g/mol. The maximum atomic E-state index is 12.7. The lowest BCUT2D eigenvalue weighted by atomic mass is 9.72. The van der Waals surface area contributed by atoms with Crippen LogP contribution in [0.15, 0.2) is 24.3 Å². The summed E-state index contributed by atoms with van der Waals surface area (Å²) in [7, 11) is 0. The Morgan fingerprint density at radius 1 is 1.24 bits per heavy atom. The van der Waals surface area contributed by atoms with Crippen LogP contribution in [0.1, 0.15) is 71.9 Å². The van der Waals surface area contributed by atoms with E-state index >= 15 is 0 Å². The number of aromatic nitrogens is 1. The average molecular weight is 414 g/mol. The van der Waals surface area contributed by atoms with E-state index in [-0.39, 0.29) is 17.7 Å². The topological polar surface area (TPSA) is 88.2 Å². The number of aryl methyl sites for hydroxylation is 2. The van der Waals surface area contributed by atoms with E-state index in [1.165, 1.54) is 11.3 Å². The van der Waals surface area contributed by atoms with Gasteiger partial charge in [0.25, 0.3) is 5.91 Å². The maximum absolute atomic E-state index is 12.7. The van der Waals surface area contributed by atoms with Gasteiger partial charge < -0.3 is 5.32 Å². The van der Waals surface area contributed by atoms with Gasteiger partial charge in [-0.1, -0.05) is 32.4 Å². The first-order valence-corrected chi connectivity index (χ1v) is 10.9. The third-order valence-electron chi connectivity index (χ3n) is 5.56. The Morgan fingerprint density at radius 2 is 1.97 bits per heavy atom. The minimum atomic E-state index is -0.696. The quantitative estimate of drug-likeness (QED) is 0.668. The highest BCUT2D eigenvalue weighted by atomic mass is 32.1. The third-order valence-corrected chi connectivity index (χ3v) is 6.77. The predicted molar refractivity (Wildman–Crippen MR) is 114 cm³/mol. The molecule has 1 saturated heterocycles. The van der Waals surface area contributed by atoms with Gasteiger partial charge in [0.05, 0.1) is 16.1 Å². The number of carbonyl (C=O) groups excluding carboxylic acids is 3. The number of hydrogen-bond acceptors (Lipinski definition) is 5. The Balaban J connectivity index is 1.74. The van der Waals surface area contributed by atoms with Gasteiger partial charge in [-0.2, -0.15) is 0 Å². The summed E-state index contributed by atoms with van der Waals surface area (Å²) in [6.07, 6.45) is 4.50. The molecule has 0 radical (unpaired) electrons. The number of nitrogens with one attached hydrogen (secondary N) is 2. The Hall–Kier alpha value is -2.54. The molecule has 1 aliphatic heterocycles. The molecule has 0 aliphatic carbocycles. The van der Waals surface area contributed by atoms with Crippen LogP contribution in [0.4, 0.5) is 5.69 Å². The second kappa shape index (κ2) is 8.86. The molecule has 1 atom stereocenters. The number of hydrogen-bond donors (Lipinski definition) is 2. The van der Waals surface area contributed by atoms with Crippen LogP contribution in [-0.2, 0) is 21.4 Å². The van der Waals surface area contributed by atoms with Gasteiger partial charge in [0, 0.05) is 12.1 Å². The van der Waals surface area contributed by atoms with Crippen molar-refractivity contribution in [3.8, 4) is 0 Å². The fraction of sp³-hybridized carbons (Fsp3) is 0.455. The number of unbranched alkanes of at least 4 members (excludes halogenated alkanes) is 1. The van der Waals surface area contributed by atoms with Crippen molar-refractivity contribution in [2.45, 2.75) is 64.7 Å². The van der Waals surface area contributed by atoms with Crippen molar-refractivity contribution in [3.63, 3.8) is 0 Å². The van der Waals surface area contributed by atoms with Crippen molar-refractivity contribution < 1.29 is 14.4 Å². The van der Waals surface area contributed by atoms with Gasteiger partial charge in [-0.25, -0.2) is 4.98 Å². The molecule has 1 aliphatic rings. The summed E-state index contributed by atoms with van der Waals surface area (Å²) in [5.74, 6) is -0.629. The molecular formula is C22H27N3O3S. The van der Waals surface area contributed by atoms with Gasteiger partial charge in [0.2, 0.25) is 11.8 Å². The van der Waals surface area contributed by atoms with Gasteiger partial charge in [-0.15, -0.1) is 11.3 Å². The van der Waals surface area contributed by atoms with E-state index < -0.39 is 5.41 Å². The molecule has 1 fully saturated rings. The molecule has 2 N–H and O–H groups in total. The summed E-state index contributed by atoms with van der Waals surface area (Å²) in [4.78, 5) is 41.9. The summed E-state index contributed by atoms with van der Waals surface area (Å²) in [5, 5.41) is 6.38. The number of thiazole rings is 1. The molecule has 2 heterocycles. The van der Waals surface area contributed by atoms with Crippen LogP contribution in [-0.4, -0.2) is 22.7 Å². The summed E-state index contributed by atoms with van der Waals surface area (Å²) in [6.45, 7) is 5.95. The summed E-state index contributed by atoms with van der Waals surface area (Å²) in [5.41, 5.74) is 1.58. The lowest BCUT2D eigenvalue weighted by molar-refractivity contribution is -0.138. The van der Waals surface area contributed by atoms with Gasteiger partial charge in [-0.3, -0.25) is 19.7 Å². The molecule has 0 saturated carbocycles. The lowest BCUT2D eigenvalue weighted by Gasteiger charge is -2.35. The van der Waals surface area contributed by atoms with Crippen LogP contribution in [0.5, 0.6) is 0 Å². The molecule has 0 spiro atoms. The normalized spacial score (nSPS) is 19.1. The highest BCUT2D eigenvalue weighted by Gasteiger charge is 2.42. The van der Waals surface area contributed by atoms with Crippen molar-refractivity contribution in [2.75, 3.05) is 5.32 Å². The Kier molecular flexibility index (Phi) is 6.47. The standard InChI is InChI=1S/C22H27N3O3S/c1-4-6-7-18-23-14(3)19(29-18)20(27)24-16-10-8-15(9-11-16)22(5-2)13-12-17(26)25-21(22)28/h8-11H,4-7,12-13H2,1-3H3,(H,24,27)(H,25,26,28). The first kappa shape index (κ1) is 21.2. The number of benzene rings is 1. The molecule has 6 nitrogen and oxygen atoms in total. The third kappa shape index (κ3) is 4.40. The largest absolute Gasteiger partial charge is 0.321 e. The molecule has 0 bridgehead atoms. The monoisotopic (exact) mass is 413 g/mol. The van der Waals surface area contributed by atoms with Crippen molar-refractivity contribution >= 4 is 34.7 Å². The molecule has 2 aromatic rings. The zero-order valence-electron chi connectivity index (χ0n) is 17.1. The number of carbonyl (C=O) groups is 3. The zero-order valence-corrected chi connectivity index (χ0v) is 17.9. The summed E-state index contributed by atoms with van der Waals surface area (Å²) >= 11 is 1.45. The fourth-order valence-corrected chi connectivity index (χ4v) is 4.73. The van der Waals surface area contributed by atoms with E-state index in [0.29, 0.717) is 29.8 Å². The molecule has 1 unspecified atom stereocenters. The highest BCUT2D eigenvalue weighted by Crippen LogP contribution is 2.36. The number of nitrogens with zero attached hydrogens (tertiary/aromatic N) is 1. The van der Waals surface area contributed by atoms with Gasteiger partial charge in [-0.05, 0) is 50.3 Å². The average Bonchev–Trinajstić information content (AvgIpc) is 3.08. The number of piperidine rings is 1. The molecule has 154 valence electrons. The zero-order chi connectivity index (χ0) is 21.0. The predicted octanol–water partition coefficient (Wildman–Crippen LogP) is 4.13. The molecule has 3 rings (SSSR count). The van der Waals surface area contributed by atoms with Crippen molar-refractivity contribution in [1.29, 1.82) is 0 Å². The molecule has 29 heavy (non-hydrogen) atoms. The van der Waals surface area contributed by atoms with Crippen molar-refractivity contribution in [3.05, 3.63) is 45.4 Å². The van der Waals surface area contributed by atoms with Crippen LogP contribution in [0.3, 0.4) is 0 Å². The summed E-state index contributed by atoms with van der Waals surface area (Å²) in [6, 6.07) is 7.34. The number of imide groups is 1. The van der Waals surface area contributed by atoms with Crippen LogP contribution in [0.2, 0.25) is 0 Å². The number of anilines is 1. The molecule has 7 heteroatoms. The van der Waals surface area contributed by atoms with Crippen molar-refractivity contribution in [2.24, 2.45) is 0 Å². The Labute approximate surface area is 175 Å². The van der Waals surface area contributed by atoms with E-state index in [2.05, 4.69) is 22.5 Å². The summed E-state index contributed by atoms with van der Waals surface area (Å²) < 4.78 is 0. The number of rotatable bonds is 7. The van der Waals surface area contributed by atoms with Crippen molar-refractivity contribution in [1.82, 2.24) is 10.3 Å². The minimum Gasteiger partial charge on any atom is -0.321 e. The first-order valence-electron chi connectivity index (χ1n) is 10.1. The fourth-order valence-electron chi connectivity index (χ4n) is 3.72. The highest BCUT2D eigenvalue weighted by molar-refractivity contribution is 7.13. The minimum absolute atomic E-state index is 0.165. The van der Waals surface area contributed by atoms with E-state index in [0.717, 1.165) is 35.5 Å². The van der Waals surface area contributed by atoms with Gasteiger partial charge in [0.1, 0.15) is 4.88 Å². The van der Waals surface area contributed by atoms with Gasteiger partial charge in [0.15, 0.2) is 0 Å². The van der Waals surface area contributed by atoms with E-state index in [4.69, 9.17) is 0 Å². The first-order chi connectivity index (χ1) is 13.9. The lowest BCUT2D eigenvalue weighted by Crippen LogP contribution is -2.51. The van der Waals surface area contributed by atoms with Gasteiger partial charge >= 0.3 is 0 Å². The Bertz CT molecular complexity index is 920. The molecule has 1 aromatic heterocycles. The second-order valence-corrected chi connectivity index (χ2v) is 8.55. The number of amides is 3. The van der Waals surface area contributed by atoms with Crippen LogP contribution in [0.25, 0.3) is 0 Å². The molecule has 1 aromatic carbocycles. The smallest absolute Gasteiger partial charge is 0.267 e. The van der Waals surface area contributed by atoms with Crippen LogP contribution >= 0.6 is 11.3 Å². The van der Waals surface area contributed by atoms with E-state index in [1.54, 1.807) is 0 Å². The molecule has 3 amide bonds.